The van der Waals surface area contributed by atoms with Gasteiger partial charge >= 0.3 is 0 Å². The Balaban J connectivity index is 1.64. The quantitative estimate of drug-likeness (QED) is 0.230. The molecule has 32 heavy (non-hydrogen) atoms. The highest BCUT2D eigenvalue weighted by atomic mass is 14.8. The maximum atomic E-state index is 4.79. The molecule has 3 nitrogen and oxygen atoms in total. The molecule has 3 heterocycles. The highest BCUT2D eigenvalue weighted by molar-refractivity contribution is 5.42. The fourth-order valence-corrected chi connectivity index (χ4v) is 4.68. The highest BCUT2D eigenvalue weighted by Crippen LogP contribution is 2.40. The Labute approximate surface area is 194 Å². The van der Waals surface area contributed by atoms with Crippen molar-refractivity contribution in [1.29, 1.82) is 0 Å². The van der Waals surface area contributed by atoms with Gasteiger partial charge in [-0.1, -0.05) is 95.8 Å². The van der Waals surface area contributed by atoms with E-state index in [9.17, 15) is 0 Å². The number of hydrogen-bond donors (Lipinski definition) is 0. The van der Waals surface area contributed by atoms with Crippen molar-refractivity contribution < 1.29 is 0 Å². The molecule has 3 rings (SSSR count). The summed E-state index contributed by atoms with van der Waals surface area (Å²) in [5.74, 6) is 0. The van der Waals surface area contributed by atoms with Crippen molar-refractivity contribution in [1.82, 2.24) is 15.0 Å². The molecular weight excluding hydrogens is 390 g/mol. The van der Waals surface area contributed by atoms with Gasteiger partial charge in [-0.05, 0) is 42.8 Å². The van der Waals surface area contributed by atoms with E-state index in [0.29, 0.717) is 0 Å². The normalized spacial score (nSPS) is 11.5. The van der Waals surface area contributed by atoms with E-state index in [4.69, 9.17) is 15.0 Å². The molecule has 0 aliphatic rings. The fourth-order valence-electron chi connectivity index (χ4n) is 4.68. The summed E-state index contributed by atoms with van der Waals surface area (Å²) in [6.45, 7) is 2.28. The van der Waals surface area contributed by atoms with Crippen molar-refractivity contribution in [3.05, 3.63) is 90.3 Å². The Morgan fingerprint density at radius 3 is 1.22 bits per heavy atom. The van der Waals surface area contributed by atoms with Crippen LogP contribution >= 0.6 is 0 Å². The first-order chi connectivity index (χ1) is 15.9. The zero-order chi connectivity index (χ0) is 22.3. The molecule has 0 amide bonds. The number of nitrogens with zero attached hydrogens (tertiary/aromatic N) is 3. The van der Waals surface area contributed by atoms with Gasteiger partial charge in [0.2, 0.25) is 0 Å². The zero-order valence-electron chi connectivity index (χ0n) is 19.8. The third kappa shape index (κ3) is 6.72. The summed E-state index contributed by atoms with van der Waals surface area (Å²) in [6.07, 6.45) is 21.4. The maximum Gasteiger partial charge on any atom is 0.0966 e. The van der Waals surface area contributed by atoms with Crippen molar-refractivity contribution in [3.8, 4) is 0 Å². The van der Waals surface area contributed by atoms with E-state index >= 15 is 0 Å². The lowest BCUT2D eigenvalue weighted by molar-refractivity contribution is 0.467. The summed E-state index contributed by atoms with van der Waals surface area (Å²) in [5.41, 5.74) is 2.68. The summed E-state index contributed by atoms with van der Waals surface area (Å²) in [4.78, 5) is 14.4. The molecule has 0 aliphatic heterocycles. The van der Waals surface area contributed by atoms with Gasteiger partial charge in [0.1, 0.15) is 0 Å². The number of hydrogen-bond acceptors (Lipinski definition) is 3. The van der Waals surface area contributed by atoms with Crippen LogP contribution in [0.3, 0.4) is 0 Å². The molecule has 0 fully saturated rings. The lowest BCUT2D eigenvalue weighted by atomic mass is 9.73. The van der Waals surface area contributed by atoms with Gasteiger partial charge in [-0.15, -0.1) is 0 Å². The van der Waals surface area contributed by atoms with Gasteiger partial charge in [-0.25, -0.2) is 0 Å². The third-order valence-electron chi connectivity index (χ3n) is 6.46. The monoisotopic (exact) mass is 429 g/mol. The van der Waals surface area contributed by atoms with Crippen LogP contribution in [0.25, 0.3) is 0 Å². The summed E-state index contributed by atoms with van der Waals surface area (Å²) in [5, 5.41) is 0. The van der Waals surface area contributed by atoms with Crippen molar-refractivity contribution in [2.24, 2.45) is 0 Å². The van der Waals surface area contributed by atoms with Crippen LogP contribution in [-0.4, -0.2) is 15.0 Å². The average Bonchev–Trinajstić information content (AvgIpc) is 2.87. The second-order valence-corrected chi connectivity index (χ2v) is 8.84. The minimum atomic E-state index is -0.414. The first-order valence-corrected chi connectivity index (χ1v) is 12.6. The van der Waals surface area contributed by atoms with Gasteiger partial charge in [0.25, 0.3) is 0 Å². The van der Waals surface area contributed by atoms with Crippen molar-refractivity contribution >= 4 is 0 Å². The molecule has 0 aromatic carbocycles. The summed E-state index contributed by atoms with van der Waals surface area (Å²) < 4.78 is 0. The molecule has 0 radical (unpaired) electrons. The molecule has 3 aromatic heterocycles. The molecule has 0 atom stereocenters. The number of unbranched alkanes of at least 4 members (excludes halogenated alkanes) is 10. The minimum Gasteiger partial charge on any atom is -0.260 e. The maximum absolute atomic E-state index is 4.79. The van der Waals surface area contributed by atoms with Gasteiger partial charge in [0.15, 0.2) is 0 Å². The predicted octanol–water partition coefficient (Wildman–Crippen LogP) is 7.91. The topological polar surface area (TPSA) is 38.7 Å². The lowest BCUT2D eigenvalue weighted by Crippen LogP contribution is -2.32. The van der Waals surface area contributed by atoms with E-state index in [1.807, 2.05) is 36.8 Å². The van der Waals surface area contributed by atoms with Gasteiger partial charge in [0, 0.05) is 18.6 Å². The molecule has 0 aliphatic carbocycles. The van der Waals surface area contributed by atoms with E-state index in [0.717, 1.165) is 29.9 Å². The van der Waals surface area contributed by atoms with Gasteiger partial charge in [-0.2, -0.15) is 0 Å². The lowest BCUT2D eigenvalue weighted by Gasteiger charge is -2.32. The second-order valence-electron chi connectivity index (χ2n) is 8.84. The van der Waals surface area contributed by atoms with Crippen LogP contribution in [-0.2, 0) is 5.41 Å². The van der Waals surface area contributed by atoms with Crippen LogP contribution in [0.1, 0.15) is 101 Å². The predicted molar refractivity (Wildman–Crippen MR) is 134 cm³/mol. The van der Waals surface area contributed by atoms with Crippen LogP contribution < -0.4 is 0 Å². The van der Waals surface area contributed by atoms with Crippen molar-refractivity contribution in [3.63, 3.8) is 0 Å². The van der Waals surface area contributed by atoms with E-state index < -0.39 is 5.41 Å². The number of pyridine rings is 3. The Morgan fingerprint density at radius 1 is 0.500 bits per heavy atom. The van der Waals surface area contributed by atoms with E-state index in [1.165, 1.54) is 64.2 Å². The highest BCUT2D eigenvalue weighted by Gasteiger charge is 2.39. The van der Waals surface area contributed by atoms with Gasteiger partial charge in [-0.3, -0.25) is 15.0 Å². The van der Waals surface area contributed by atoms with E-state index in [1.54, 1.807) is 0 Å². The minimum absolute atomic E-state index is 0.414. The van der Waals surface area contributed by atoms with E-state index in [-0.39, 0.29) is 0 Å². The molecule has 170 valence electrons. The van der Waals surface area contributed by atoms with Gasteiger partial charge in [0.05, 0.1) is 22.5 Å². The standard InChI is InChI=1S/C29H39N3/c1-2-3-4-5-6-7-8-9-10-11-15-22-29(26-19-12-16-23-30-26,27-20-13-17-24-31-27)28-21-14-18-25-32-28/h12-14,16-21,23-25H,2-11,15,22H2,1H3. The zero-order valence-corrected chi connectivity index (χ0v) is 19.8. The molecule has 0 spiro atoms. The second kappa shape index (κ2) is 13.8. The Bertz CT molecular complexity index is 753. The van der Waals surface area contributed by atoms with Crippen molar-refractivity contribution in [2.45, 2.75) is 89.4 Å². The molecule has 0 saturated heterocycles. The smallest absolute Gasteiger partial charge is 0.0966 e. The molecule has 3 aromatic rings. The summed E-state index contributed by atoms with van der Waals surface area (Å²) in [7, 11) is 0. The number of rotatable bonds is 15. The first-order valence-electron chi connectivity index (χ1n) is 12.6. The van der Waals surface area contributed by atoms with Crippen LogP contribution in [0.15, 0.2) is 73.2 Å². The Kier molecular flexibility index (Phi) is 10.4. The SMILES string of the molecule is CCCCCCCCCCCCCC(c1ccccn1)(c1ccccn1)c1ccccn1. The summed E-state index contributed by atoms with van der Waals surface area (Å²) in [6, 6.07) is 18.5. The molecular formula is C29H39N3. The van der Waals surface area contributed by atoms with Crippen LogP contribution in [0.5, 0.6) is 0 Å². The largest absolute Gasteiger partial charge is 0.260 e. The van der Waals surface area contributed by atoms with E-state index in [2.05, 4.69) is 43.3 Å². The van der Waals surface area contributed by atoms with Crippen LogP contribution in [0, 0.1) is 0 Å². The van der Waals surface area contributed by atoms with Gasteiger partial charge < -0.3 is 0 Å². The molecule has 0 N–H and O–H groups in total. The first kappa shape index (κ1) is 24.1. The summed E-state index contributed by atoms with van der Waals surface area (Å²) >= 11 is 0. The Morgan fingerprint density at radius 2 is 0.875 bits per heavy atom. The molecule has 0 unspecified atom stereocenters. The third-order valence-corrected chi connectivity index (χ3v) is 6.46. The van der Waals surface area contributed by atoms with Crippen molar-refractivity contribution in [2.75, 3.05) is 0 Å². The molecule has 0 saturated carbocycles. The molecule has 0 bridgehead atoms. The Hall–Kier alpha value is -2.55. The molecule has 3 heteroatoms. The fraction of sp³-hybridized carbons (Fsp3) is 0.483. The van der Waals surface area contributed by atoms with Crippen LogP contribution in [0.4, 0.5) is 0 Å². The number of aromatic nitrogens is 3. The van der Waals surface area contributed by atoms with Crippen LogP contribution in [0.2, 0.25) is 0 Å². The average molecular weight is 430 g/mol.